The van der Waals surface area contributed by atoms with Crippen LogP contribution in [0.25, 0.3) is 0 Å². The molecule has 5 rings (SSSR count). The van der Waals surface area contributed by atoms with Crippen molar-refractivity contribution in [3.63, 3.8) is 0 Å². The summed E-state index contributed by atoms with van der Waals surface area (Å²) in [5.74, 6) is 0.102. The maximum atomic E-state index is 13.3. The summed E-state index contributed by atoms with van der Waals surface area (Å²) < 4.78 is 5.06. The molecule has 0 unspecified atom stereocenters. The quantitative estimate of drug-likeness (QED) is 0.347. The van der Waals surface area contributed by atoms with Crippen molar-refractivity contribution in [1.82, 2.24) is 0 Å². The van der Waals surface area contributed by atoms with Gasteiger partial charge in [-0.1, -0.05) is 11.1 Å². The van der Waals surface area contributed by atoms with Crippen LogP contribution in [0.15, 0.2) is 35.4 Å². The van der Waals surface area contributed by atoms with Crippen molar-refractivity contribution in [1.29, 1.82) is 0 Å². The number of fused-ring (bicyclic) bond motifs is 5. The van der Waals surface area contributed by atoms with Crippen molar-refractivity contribution in [2.24, 2.45) is 23.7 Å². The van der Waals surface area contributed by atoms with Crippen molar-refractivity contribution in [3.8, 4) is 5.75 Å². The Bertz CT molecular complexity index is 827. The number of hydrogen-bond donors (Lipinski definition) is 0. The van der Waals surface area contributed by atoms with E-state index in [1.165, 1.54) is 23.0 Å². The summed E-state index contributed by atoms with van der Waals surface area (Å²) in [5, 5.41) is 0. The van der Waals surface area contributed by atoms with Crippen LogP contribution in [0.1, 0.15) is 45.4 Å². The average molecular weight is 365 g/mol. The topological polar surface area (TPSA) is 63.7 Å². The first kappa shape index (κ1) is 16.7. The van der Waals surface area contributed by atoms with Gasteiger partial charge in [0.15, 0.2) is 0 Å². The van der Waals surface area contributed by atoms with E-state index in [0.717, 1.165) is 38.5 Å². The summed E-state index contributed by atoms with van der Waals surface area (Å²) in [6, 6.07) is 6.67. The van der Waals surface area contributed by atoms with E-state index >= 15 is 0 Å². The average Bonchev–Trinajstić information content (AvgIpc) is 3.33. The van der Waals surface area contributed by atoms with E-state index in [1.54, 1.807) is 24.3 Å². The molecule has 3 aliphatic carbocycles. The highest BCUT2D eigenvalue weighted by atomic mass is 16.5. The van der Waals surface area contributed by atoms with Gasteiger partial charge in [0.2, 0.25) is 11.8 Å². The summed E-state index contributed by atoms with van der Waals surface area (Å²) in [6.45, 7) is 1.34. The summed E-state index contributed by atoms with van der Waals surface area (Å²) in [4.78, 5) is 39.2. The molecule has 5 nitrogen and oxygen atoms in total. The third kappa shape index (κ3) is 2.40. The molecule has 27 heavy (non-hydrogen) atoms. The first-order valence-corrected chi connectivity index (χ1v) is 9.94. The molecule has 4 aliphatic rings. The van der Waals surface area contributed by atoms with E-state index in [0.29, 0.717) is 11.4 Å². The molecule has 2 amide bonds. The highest BCUT2D eigenvalue weighted by Gasteiger charge is 2.59. The Morgan fingerprint density at radius 3 is 1.93 bits per heavy atom. The fourth-order valence-electron chi connectivity index (χ4n) is 5.98. The summed E-state index contributed by atoms with van der Waals surface area (Å²) in [5.41, 5.74) is 3.59. The zero-order valence-electron chi connectivity index (χ0n) is 15.4. The molecule has 1 saturated heterocycles. The minimum Gasteiger partial charge on any atom is -0.427 e. The first-order valence-electron chi connectivity index (χ1n) is 9.94. The molecule has 1 aliphatic heterocycles. The molecule has 0 N–H and O–H groups in total. The molecule has 0 bridgehead atoms. The van der Waals surface area contributed by atoms with Crippen LogP contribution in [0.2, 0.25) is 0 Å². The predicted octanol–water partition coefficient (Wildman–Crippen LogP) is 3.63. The van der Waals surface area contributed by atoms with Crippen LogP contribution in [0, 0.1) is 23.7 Å². The number of hydrogen-bond acceptors (Lipinski definition) is 4. The van der Waals surface area contributed by atoms with Crippen molar-refractivity contribution in [3.05, 3.63) is 35.4 Å². The lowest BCUT2D eigenvalue weighted by Crippen LogP contribution is -2.35. The number of esters is 1. The molecule has 1 heterocycles. The number of imide groups is 1. The fourth-order valence-corrected chi connectivity index (χ4v) is 5.98. The molecule has 2 saturated carbocycles. The largest absolute Gasteiger partial charge is 0.427 e. The third-order valence-corrected chi connectivity index (χ3v) is 6.85. The van der Waals surface area contributed by atoms with E-state index in [9.17, 15) is 14.4 Å². The number of amides is 2. The van der Waals surface area contributed by atoms with Crippen LogP contribution in [0.3, 0.4) is 0 Å². The molecule has 4 atom stereocenters. The van der Waals surface area contributed by atoms with Crippen LogP contribution in [0.4, 0.5) is 5.69 Å². The van der Waals surface area contributed by atoms with Gasteiger partial charge in [-0.2, -0.15) is 0 Å². The second-order valence-corrected chi connectivity index (χ2v) is 8.20. The van der Waals surface area contributed by atoms with Crippen LogP contribution in [-0.2, 0) is 14.4 Å². The van der Waals surface area contributed by atoms with E-state index in [2.05, 4.69) is 0 Å². The maximum Gasteiger partial charge on any atom is 0.308 e. The minimum absolute atomic E-state index is 0.0411. The van der Waals surface area contributed by atoms with E-state index in [1.807, 2.05) is 0 Å². The fraction of sp³-hybridized carbons (Fsp3) is 0.500. The number of benzene rings is 1. The van der Waals surface area contributed by atoms with E-state index in [-0.39, 0.29) is 35.5 Å². The summed E-state index contributed by atoms with van der Waals surface area (Å²) in [7, 11) is 0. The van der Waals surface area contributed by atoms with E-state index in [4.69, 9.17) is 4.74 Å². The normalized spacial score (nSPS) is 31.8. The maximum absolute atomic E-state index is 13.3. The van der Waals surface area contributed by atoms with E-state index < -0.39 is 5.97 Å². The van der Waals surface area contributed by atoms with Gasteiger partial charge in [0, 0.05) is 6.92 Å². The van der Waals surface area contributed by atoms with Gasteiger partial charge in [-0.05, 0) is 74.6 Å². The minimum atomic E-state index is -0.393. The smallest absolute Gasteiger partial charge is 0.308 e. The van der Waals surface area contributed by atoms with Gasteiger partial charge in [-0.15, -0.1) is 0 Å². The number of carbonyl (C=O) groups excluding carboxylic acids is 3. The highest BCUT2D eigenvalue weighted by molar-refractivity contribution is 6.22. The molecule has 0 spiro atoms. The number of ether oxygens (including phenoxy) is 1. The number of allylic oxidation sites excluding steroid dienone is 2. The monoisotopic (exact) mass is 365 g/mol. The van der Waals surface area contributed by atoms with Gasteiger partial charge in [0.25, 0.3) is 0 Å². The number of rotatable bonds is 2. The van der Waals surface area contributed by atoms with Gasteiger partial charge in [0.1, 0.15) is 5.75 Å². The van der Waals surface area contributed by atoms with Crippen LogP contribution in [0.5, 0.6) is 5.75 Å². The van der Waals surface area contributed by atoms with Gasteiger partial charge >= 0.3 is 5.97 Å². The molecule has 140 valence electrons. The number of nitrogens with zero attached hydrogens (tertiary/aromatic N) is 1. The standard InChI is InChI=1S/C22H23NO4/c1-12(24)27-14-10-8-13(9-11-14)23-21(25)19-17-6-2-4-15(17)16-5-3-7-18(16)20(19)22(23)26/h8-11,17-20H,2-7H2,1H3/t17-,18+,19-,20-/m1/s1. The second kappa shape index (κ2) is 6.04. The van der Waals surface area contributed by atoms with Gasteiger partial charge in [-0.3, -0.25) is 19.3 Å². The first-order chi connectivity index (χ1) is 13.1. The molecule has 0 radical (unpaired) electrons. The zero-order chi connectivity index (χ0) is 18.7. The Labute approximate surface area is 158 Å². The van der Waals surface area contributed by atoms with Crippen molar-refractivity contribution in [2.75, 3.05) is 4.90 Å². The molecular weight excluding hydrogens is 342 g/mol. The van der Waals surface area contributed by atoms with Gasteiger partial charge < -0.3 is 4.74 Å². The zero-order valence-corrected chi connectivity index (χ0v) is 15.4. The predicted molar refractivity (Wildman–Crippen MR) is 98.9 cm³/mol. The Balaban J connectivity index is 1.50. The Morgan fingerprint density at radius 2 is 1.44 bits per heavy atom. The van der Waals surface area contributed by atoms with Gasteiger partial charge in [-0.25, -0.2) is 0 Å². The number of anilines is 1. The van der Waals surface area contributed by atoms with Crippen molar-refractivity contribution < 1.29 is 19.1 Å². The molecule has 3 fully saturated rings. The second-order valence-electron chi connectivity index (χ2n) is 8.20. The highest BCUT2D eigenvalue weighted by Crippen LogP contribution is 2.57. The van der Waals surface area contributed by atoms with Gasteiger partial charge in [0.05, 0.1) is 17.5 Å². The number of carbonyl (C=O) groups is 3. The Morgan fingerprint density at radius 1 is 0.926 bits per heavy atom. The summed E-state index contributed by atoms with van der Waals surface area (Å²) in [6.07, 6.45) is 6.56. The van der Waals surface area contributed by atoms with Crippen molar-refractivity contribution >= 4 is 23.5 Å². The lowest BCUT2D eigenvalue weighted by Gasteiger charge is -2.34. The molecule has 1 aromatic rings. The van der Waals surface area contributed by atoms with Crippen LogP contribution >= 0.6 is 0 Å². The lowest BCUT2D eigenvalue weighted by atomic mass is 9.66. The molecule has 0 aromatic heterocycles. The Hall–Kier alpha value is -2.43. The molecule has 5 heteroatoms. The SMILES string of the molecule is CC(=O)Oc1ccc(N2C(=O)[C@H]3[C@H](C2=O)[C@H]2CCCC2=C2CCC[C@H]23)cc1. The summed E-state index contributed by atoms with van der Waals surface area (Å²) >= 11 is 0. The molecular formula is C22H23NO4. The lowest BCUT2D eigenvalue weighted by molar-refractivity contribution is -0.132. The third-order valence-electron chi connectivity index (χ3n) is 6.85. The van der Waals surface area contributed by atoms with Crippen LogP contribution < -0.4 is 9.64 Å². The Kier molecular flexibility index (Phi) is 3.74. The van der Waals surface area contributed by atoms with Crippen LogP contribution in [-0.4, -0.2) is 17.8 Å². The molecule has 1 aromatic carbocycles. The van der Waals surface area contributed by atoms with Crippen molar-refractivity contribution in [2.45, 2.75) is 45.4 Å².